The summed E-state index contributed by atoms with van der Waals surface area (Å²) in [6.45, 7) is 3.29. The van der Waals surface area contributed by atoms with E-state index in [9.17, 15) is 4.79 Å². The molecular weight excluding hydrogens is 392 g/mol. The van der Waals surface area contributed by atoms with E-state index in [1.54, 1.807) is 6.92 Å². The number of ether oxygens (including phenoxy) is 2. The van der Waals surface area contributed by atoms with E-state index in [-0.39, 0.29) is 18.4 Å². The summed E-state index contributed by atoms with van der Waals surface area (Å²) in [5.41, 5.74) is 2.98. The first-order valence-corrected chi connectivity index (χ1v) is 10.5. The summed E-state index contributed by atoms with van der Waals surface area (Å²) in [5.74, 6) is 5.84. The minimum absolute atomic E-state index is 0.0178. The van der Waals surface area contributed by atoms with Crippen molar-refractivity contribution < 1.29 is 19.4 Å². The zero-order valence-electron chi connectivity index (χ0n) is 17.5. The smallest absolute Gasteiger partial charge is 0.304 e. The summed E-state index contributed by atoms with van der Waals surface area (Å²) in [6, 6.07) is 13.8. The van der Waals surface area contributed by atoms with Crippen molar-refractivity contribution in [1.29, 1.82) is 0 Å². The molecule has 1 aromatic heterocycles. The number of aromatic nitrogens is 2. The van der Waals surface area contributed by atoms with Gasteiger partial charge in [0.1, 0.15) is 11.9 Å². The van der Waals surface area contributed by atoms with Gasteiger partial charge in [0, 0.05) is 18.6 Å². The molecule has 1 fully saturated rings. The van der Waals surface area contributed by atoms with E-state index in [1.165, 1.54) is 0 Å². The Morgan fingerprint density at radius 1 is 1.29 bits per heavy atom. The molecule has 160 valence electrons. The molecule has 3 aromatic rings. The molecule has 0 aliphatic carbocycles. The second-order valence-corrected chi connectivity index (χ2v) is 7.90. The number of hydrogen-bond acceptors (Lipinski definition) is 4. The molecule has 0 spiro atoms. The van der Waals surface area contributed by atoms with Gasteiger partial charge in [0.2, 0.25) is 0 Å². The lowest BCUT2D eigenvalue weighted by atomic mass is 9.95. The lowest BCUT2D eigenvalue weighted by molar-refractivity contribution is -0.137. The van der Waals surface area contributed by atoms with Crippen molar-refractivity contribution in [3.05, 3.63) is 59.8 Å². The number of H-pyrrole nitrogens is 1. The normalized spacial score (nSPS) is 17.6. The van der Waals surface area contributed by atoms with Gasteiger partial charge in [-0.25, -0.2) is 0 Å². The Morgan fingerprint density at radius 2 is 2.10 bits per heavy atom. The third-order valence-electron chi connectivity index (χ3n) is 5.67. The molecule has 2 heterocycles. The van der Waals surface area contributed by atoms with Gasteiger partial charge in [-0.3, -0.25) is 9.89 Å². The summed E-state index contributed by atoms with van der Waals surface area (Å²) in [4.78, 5) is 11.2. The molecule has 0 bridgehead atoms. The van der Waals surface area contributed by atoms with Gasteiger partial charge < -0.3 is 14.6 Å². The number of carbonyl (C=O) groups is 1. The molecule has 4 rings (SSSR count). The average molecular weight is 418 g/mol. The van der Waals surface area contributed by atoms with Gasteiger partial charge in [-0.15, -0.1) is 5.92 Å². The molecule has 0 amide bonds. The number of nitrogens with zero attached hydrogens (tertiary/aromatic N) is 1. The molecule has 31 heavy (non-hydrogen) atoms. The fourth-order valence-electron chi connectivity index (χ4n) is 4.03. The minimum Gasteiger partial charge on any atom is -0.486 e. The van der Waals surface area contributed by atoms with Gasteiger partial charge in [-0.1, -0.05) is 24.1 Å². The maximum Gasteiger partial charge on any atom is 0.304 e. The van der Waals surface area contributed by atoms with Crippen LogP contribution < -0.4 is 4.74 Å². The maximum absolute atomic E-state index is 11.2. The first-order chi connectivity index (χ1) is 15.1. The Labute approximate surface area is 181 Å². The van der Waals surface area contributed by atoms with Crippen LogP contribution in [-0.2, 0) is 9.53 Å². The highest BCUT2D eigenvalue weighted by Gasteiger charge is 2.24. The lowest BCUT2D eigenvalue weighted by Gasteiger charge is -2.23. The molecule has 1 aliphatic heterocycles. The van der Waals surface area contributed by atoms with Crippen molar-refractivity contribution in [3.8, 4) is 17.6 Å². The van der Waals surface area contributed by atoms with E-state index >= 15 is 0 Å². The van der Waals surface area contributed by atoms with Crippen LogP contribution in [0.15, 0.2) is 48.7 Å². The topological polar surface area (TPSA) is 84.4 Å². The zero-order chi connectivity index (χ0) is 21.6. The first kappa shape index (κ1) is 21.0. The van der Waals surface area contributed by atoms with Gasteiger partial charge in [0.05, 0.1) is 24.1 Å². The Hall–Kier alpha value is -3.30. The molecule has 0 saturated carbocycles. The molecule has 3 atom stereocenters. The number of aromatic amines is 1. The Morgan fingerprint density at radius 3 is 2.81 bits per heavy atom. The van der Waals surface area contributed by atoms with Crippen molar-refractivity contribution in [2.24, 2.45) is 5.92 Å². The number of aliphatic carboxylic acids is 1. The van der Waals surface area contributed by atoms with Crippen molar-refractivity contribution in [2.45, 2.75) is 38.2 Å². The van der Waals surface area contributed by atoms with E-state index in [0.29, 0.717) is 5.92 Å². The fraction of sp³-hybridized carbons (Fsp3) is 0.360. The minimum atomic E-state index is -0.860. The Kier molecular flexibility index (Phi) is 6.54. The zero-order valence-corrected chi connectivity index (χ0v) is 17.5. The third-order valence-corrected chi connectivity index (χ3v) is 5.67. The fourth-order valence-corrected chi connectivity index (χ4v) is 4.03. The third kappa shape index (κ3) is 5.25. The second kappa shape index (κ2) is 9.67. The van der Waals surface area contributed by atoms with Crippen LogP contribution in [0.2, 0.25) is 0 Å². The van der Waals surface area contributed by atoms with E-state index in [2.05, 4.69) is 34.2 Å². The highest BCUT2D eigenvalue weighted by atomic mass is 16.5. The highest BCUT2D eigenvalue weighted by Crippen LogP contribution is 2.33. The van der Waals surface area contributed by atoms with E-state index < -0.39 is 5.97 Å². The molecule has 2 unspecified atom stereocenters. The maximum atomic E-state index is 11.2. The molecule has 6 nitrogen and oxygen atoms in total. The molecule has 2 aromatic carbocycles. The van der Waals surface area contributed by atoms with Crippen molar-refractivity contribution in [3.63, 3.8) is 0 Å². The van der Waals surface area contributed by atoms with E-state index in [4.69, 9.17) is 14.6 Å². The monoisotopic (exact) mass is 418 g/mol. The van der Waals surface area contributed by atoms with E-state index in [0.717, 1.165) is 53.8 Å². The quantitative estimate of drug-likeness (QED) is 0.519. The van der Waals surface area contributed by atoms with Crippen LogP contribution in [0.3, 0.4) is 0 Å². The molecule has 2 N–H and O–H groups in total. The van der Waals surface area contributed by atoms with Crippen LogP contribution in [0.1, 0.15) is 49.3 Å². The molecule has 1 aliphatic rings. The number of carboxylic acids is 1. The van der Waals surface area contributed by atoms with Crippen molar-refractivity contribution >= 4 is 16.9 Å². The van der Waals surface area contributed by atoms with Gasteiger partial charge in [-0.2, -0.15) is 5.10 Å². The van der Waals surface area contributed by atoms with Gasteiger partial charge in [0.25, 0.3) is 0 Å². The molecule has 6 heteroatoms. The summed E-state index contributed by atoms with van der Waals surface area (Å²) in [7, 11) is 0. The number of rotatable bonds is 8. The van der Waals surface area contributed by atoms with Crippen LogP contribution in [0.5, 0.6) is 5.75 Å². The summed E-state index contributed by atoms with van der Waals surface area (Å²) in [6.07, 6.45) is 3.60. The summed E-state index contributed by atoms with van der Waals surface area (Å²) < 4.78 is 12.0. The SMILES string of the molecule is CC#CC(CC(=O)O)c1ccc(O[C@@H](CC2CCOC2)c2ccc3[nH]ncc3c2)cc1. The number of nitrogens with one attached hydrogen (secondary N) is 1. The largest absolute Gasteiger partial charge is 0.486 e. The molecule has 1 saturated heterocycles. The molecular formula is C25H26N2O4. The van der Waals surface area contributed by atoms with Gasteiger partial charge in [-0.05, 0) is 61.1 Å². The average Bonchev–Trinajstić information content (AvgIpc) is 3.44. The number of benzene rings is 2. The standard InChI is InChI=1S/C25H26N2O4/c1-2-3-19(14-25(28)29)18-4-7-22(8-5-18)31-24(12-17-10-11-30-16-17)20-6-9-23-21(13-20)15-26-27-23/h4-9,13,15,17,19,24H,10-12,14,16H2,1H3,(H,26,27)(H,28,29)/t17?,19?,24-/m0/s1. The Bertz CT molecular complexity index is 1090. The van der Waals surface area contributed by atoms with Crippen LogP contribution in [0.25, 0.3) is 10.9 Å². The highest BCUT2D eigenvalue weighted by molar-refractivity contribution is 5.78. The lowest BCUT2D eigenvalue weighted by Crippen LogP contribution is -2.14. The first-order valence-electron chi connectivity index (χ1n) is 10.5. The number of carboxylic acid groups (broad SMARTS) is 1. The molecule has 0 radical (unpaired) electrons. The van der Waals surface area contributed by atoms with Crippen molar-refractivity contribution in [2.75, 3.05) is 13.2 Å². The van der Waals surface area contributed by atoms with Gasteiger partial charge >= 0.3 is 5.97 Å². The predicted octanol–water partition coefficient (Wildman–Crippen LogP) is 4.69. The van der Waals surface area contributed by atoms with Crippen LogP contribution in [0.4, 0.5) is 0 Å². The van der Waals surface area contributed by atoms with Crippen LogP contribution in [0, 0.1) is 17.8 Å². The van der Waals surface area contributed by atoms with Gasteiger partial charge in [0.15, 0.2) is 0 Å². The van der Waals surface area contributed by atoms with Crippen LogP contribution in [-0.4, -0.2) is 34.5 Å². The number of fused-ring (bicyclic) bond motifs is 1. The predicted molar refractivity (Wildman–Crippen MR) is 118 cm³/mol. The Balaban J connectivity index is 1.55. The number of hydrogen-bond donors (Lipinski definition) is 2. The van der Waals surface area contributed by atoms with Crippen LogP contribution >= 0.6 is 0 Å². The van der Waals surface area contributed by atoms with Crippen molar-refractivity contribution in [1.82, 2.24) is 10.2 Å². The summed E-state index contributed by atoms with van der Waals surface area (Å²) >= 11 is 0. The summed E-state index contributed by atoms with van der Waals surface area (Å²) in [5, 5.41) is 17.3. The second-order valence-electron chi connectivity index (χ2n) is 7.90. The van der Waals surface area contributed by atoms with E-state index in [1.807, 2.05) is 36.5 Å².